The Labute approximate surface area is 395 Å². The summed E-state index contributed by atoms with van der Waals surface area (Å²) < 4.78 is 0. The molecule has 0 radical (unpaired) electrons. The van der Waals surface area contributed by atoms with Gasteiger partial charge in [0.1, 0.15) is 30.5 Å². The van der Waals surface area contributed by atoms with Gasteiger partial charge in [-0.3, -0.25) is 28.8 Å². The van der Waals surface area contributed by atoms with Crippen molar-refractivity contribution in [1.29, 1.82) is 0 Å². The molecule has 0 fully saturated rings. The molecule has 2 aromatic carbocycles. The molecule has 2 aromatic rings. The summed E-state index contributed by atoms with van der Waals surface area (Å²) in [6, 6.07) is 12.9. The van der Waals surface area contributed by atoms with Gasteiger partial charge in [0.05, 0.1) is 12.5 Å². The van der Waals surface area contributed by atoms with E-state index in [-0.39, 0.29) is 43.6 Å². The van der Waals surface area contributed by atoms with Crippen molar-refractivity contribution < 1.29 is 43.5 Å². The fraction of sp³-hybridized carbons (Fsp3) is 0.592. The topological polar surface area (TPSA) is 269 Å². The molecule has 0 saturated heterocycles. The summed E-state index contributed by atoms with van der Waals surface area (Å²) in [6.45, 7) is 3.84. The van der Waals surface area contributed by atoms with Crippen LogP contribution in [0.5, 0.6) is 0 Å². The maximum absolute atomic E-state index is 13.6. The second-order valence-corrected chi connectivity index (χ2v) is 18.4. The minimum Gasteiger partial charge on any atom is -0.480 e. The van der Waals surface area contributed by atoms with Crippen LogP contribution in [0.3, 0.4) is 0 Å². The van der Waals surface area contributed by atoms with Crippen molar-refractivity contribution in [2.75, 3.05) is 12.0 Å². The number of amides is 6. The molecule has 6 amide bonds. The summed E-state index contributed by atoms with van der Waals surface area (Å²) in [7, 11) is 0. The Morgan fingerprint density at radius 2 is 1.12 bits per heavy atom. The molecule has 0 heterocycles. The molecule has 1 unspecified atom stereocenters. The lowest BCUT2D eigenvalue weighted by Gasteiger charge is -2.26. The van der Waals surface area contributed by atoms with Crippen LogP contribution in [0.25, 0.3) is 0 Å². The molecule has 0 spiro atoms. The van der Waals surface area contributed by atoms with Crippen molar-refractivity contribution in [1.82, 2.24) is 26.6 Å². The third-order valence-corrected chi connectivity index (χ3v) is 11.8. The number of carbonyl (C=O) groups is 8. The molecule has 6 atom stereocenters. The van der Waals surface area contributed by atoms with E-state index in [0.717, 1.165) is 68.8 Å². The number of hydrogen-bond donors (Lipinski definition) is 8. The fourth-order valence-electron chi connectivity index (χ4n) is 7.62. The number of nitrogens with two attached hydrogens (primary N) is 2. The van der Waals surface area contributed by atoms with Crippen LogP contribution in [0.15, 0.2) is 60.7 Å². The molecule has 10 N–H and O–H groups in total. The molecule has 16 nitrogen and oxygen atoms in total. The van der Waals surface area contributed by atoms with Crippen LogP contribution in [-0.2, 0) is 51.2 Å². The lowest BCUT2D eigenvalue weighted by atomic mass is 9.98. The monoisotopic (exact) mass is 938 g/mol. The number of carboxylic acids is 1. The summed E-state index contributed by atoms with van der Waals surface area (Å²) in [4.78, 5) is 101. The highest BCUT2D eigenvalue weighted by Crippen LogP contribution is 2.17. The Kier molecular flexibility index (Phi) is 28.6. The molecule has 0 bridgehead atoms. The van der Waals surface area contributed by atoms with E-state index in [1.807, 2.05) is 56.5 Å². The molecular weight excluding hydrogens is 863 g/mol. The second-order valence-electron chi connectivity index (χ2n) is 17.4. The van der Waals surface area contributed by atoms with Crippen LogP contribution in [-0.4, -0.2) is 101 Å². The number of nitrogens with one attached hydrogen (secondary N) is 5. The van der Waals surface area contributed by atoms with Gasteiger partial charge in [-0.1, -0.05) is 119 Å². The van der Waals surface area contributed by atoms with E-state index in [9.17, 15) is 43.5 Å². The normalized spacial score (nSPS) is 13.9. The number of carbonyl (C=O) groups excluding carboxylic acids is 7. The maximum atomic E-state index is 13.6. The number of rotatable bonds is 37. The van der Waals surface area contributed by atoms with Gasteiger partial charge in [0, 0.05) is 31.7 Å². The number of unbranched alkanes of at least 4 members (excludes halogenated alkanes) is 8. The van der Waals surface area contributed by atoms with Crippen LogP contribution in [0.2, 0.25) is 0 Å². The van der Waals surface area contributed by atoms with Crippen molar-refractivity contribution >= 4 is 59.5 Å². The number of benzene rings is 2. The first-order valence-electron chi connectivity index (χ1n) is 23.4. The lowest BCUT2D eigenvalue weighted by Crippen LogP contribution is -2.57. The summed E-state index contributed by atoms with van der Waals surface area (Å²) in [5.74, 6) is -3.86. The first kappa shape index (κ1) is 56.8. The van der Waals surface area contributed by atoms with E-state index < -0.39 is 65.7 Å². The maximum Gasteiger partial charge on any atom is 0.326 e. The van der Waals surface area contributed by atoms with Crippen molar-refractivity contribution in [2.24, 2.45) is 17.4 Å². The van der Waals surface area contributed by atoms with Crippen LogP contribution in [0.1, 0.15) is 128 Å². The Morgan fingerprint density at radius 1 is 0.621 bits per heavy atom. The van der Waals surface area contributed by atoms with Crippen LogP contribution in [0, 0.1) is 5.92 Å². The van der Waals surface area contributed by atoms with Gasteiger partial charge in [-0.05, 0) is 67.6 Å². The molecule has 0 aliphatic rings. The summed E-state index contributed by atoms with van der Waals surface area (Å²) >= 11 is 1.53. The van der Waals surface area contributed by atoms with Gasteiger partial charge in [-0.2, -0.15) is 11.8 Å². The van der Waals surface area contributed by atoms with E-state index in [2.05, 4.69) is 26.6 Å². The van der Waals surface area contributed by atoms with Gasteiger partial charge < -0.3 is 48.0 Å². The third-order valence-electron chi connectivity index (χ3n) is 11.2. The molecule has 66 heavy (non-hydrogen) atoms. The molecule has 0 aliphatic carbocycles. The predicted molar refractivity (Wildman–Crippen MR) is 258 cm³/mol. The Bertz CT molecular complexity index is 1790. The minimum atomic E-state index is -1.20. The molecule has 2 rings (SSSR count). The average molecular weight is 938 g/mol. The summed E-state index contributed by atoms with van der Waals surface area (Å²) in [6.07, 6.45) is 12.7. The van der Waals surface area contributed by atoms with E-state index in [1.54, 1.807) is 24.3 Å². The van der Waals surface area contributed by atoms with Gasteiger partial charge in [-0.15, -0.1) is 0 Å². The van der Waals surface area contributed by atoms with Crippen molar-refractivity contribution in [3.63, 3.8) is 0 Å². The molecular formula is C49H75N7O9S. The van der Waals surface area contributed by atoms with Crippen molar-refractivity contribution in [3.05, 3.63) is 71.8 Å². The largest absolute Gasteiger partial charge is 0.480 e. The Balaban J connectivity index is 1.97. The van der Waals surface area contributed by atoms with E-state index >= 15 is 0 Å². The van der Waals surface area contributed by atoms with Gasteiger partial charge in [-0.25, -0.2) is 4.79 Å². The SMILES string of the molecule is CSCC[C@H](NC(=O)CCCCCCCC(CCCCCCC=O)N[C@@H](CC(N)=O)C(=O)N[C@@H](Cc1ccccc1)C(=O)O)C(=O)N[C@@H](CC(C)C)C(=O)N[C@@H](Cc1ccccc1)C(N)=O. The zero-order chi connectivity index (χ0) is 48.7. The average Bonchev–Trinajstić information content (AvgIpc) is 3.27. The molecule has 366 valence electrons. The van der Waals surface area contributed by atoms with Crippen LogP contribution >= 0.6 is 11.8 Å². The predicted octanol–water partition coefficient (Wildman–Crippen LogP) is 4.25. The number of carboxylic acid groups (broad SMARTS) is 1. The molecule has 17 heteroatoms. The smallest absolute Gasteiger partial charge is 0.326 e. The van der Waals surface area contributed by atoms with Gasteiger partial charge >= 0.3 is 5.97 Å². The second kappa shape index (κ2) is 33.2. The lowest BCUT2D eigenvalue weighted by molar-refractivity contribution is -0.142. The fourth-order valence-corrected chi connectivity index (χ4v) is 8.09. The number of aliphatic carboxylic acids is 1. The van der Waals surface area contributed by atoms with Gasteiger partial charge in [0.2, 0.25) is 35.4 Å². The van der Waals surface area contributed by atoms with Crippen LogP contribution < -0.4 is 38.1 Å². The highest BCUT2D eigenvalue weighted by atomic mass is 32.2. The standard InChI is InChI=1S/C49H75N7O9S/c1-34(2)30-40(47(62)54-39(45(51)60)31-35-20-12-10-13-21-35)55-46(61)38(27-29-66-3)53-44(59)26-18-8-4-6-16-24-37(25-17-7-5-9-19-28-57)52-41(33-43(50)58)48(63)56-42(49(64)65)32-36-22-14-11-15-23-36/h10-15,20-23,28,34,37-42,52H,4-9,16-19,24-27,29-33H2,1-3H3,(H2,50,58)(H2,51,60)(H,53,59)(H,54,62)(H,55,61)(H,56,63)(H,64,65)/t37?,38-,39-,40-,41-,42-/m0/s1. The quantitative estimate of drug-likeness (QED) is 0.0351. The van der Waals surface area contributed by atoms with E-state index in [1.165, 1.54) is 11.8 Å². The first-order valence-corrected chi connectivity index (χ1v) is 24.8. The summed E-state index contributed by atoms with van der Waals surface area (Å²) in [5.41, 5.74) is 12.8. The molecule has 0 saturated carbocycles. The number of aldehydes is 1. The van der Waals surface area contributed by atoms with E-state index in [0.29, 0.717) is 44.3 Å². The third kappa shape index (κ3) is 24.8. The Hall–Kier alpha value is -5.29. The van der Waals surface area contributed by atoms with E-state index in [4.69, 9.17) is 11.5 Å². The van der Waals surface area contributed by atoms with Crippen LogP contribution in [0.4, 0.5) is 0 Å². The van der Waals surface area contributed by atoms with Gasteiger partial charge in [0.25, 0.3) is 0 Å². The highest BCUT2D eigenvalue weighted by Gasteiger charge is 2.31. The summed E-state index contributed by atoms with van der Waals surface area (Å²) in [5, 5.41) is 24.2. The minimum absolute atomic E-state index is 0.0303. The zero-order valence-corrected chi connectivity index (χ0v) is 39.9. The van der Waals surface area contributed by atoms with Crippen molar-refractivity contribution in [3.8, 4) is 0 Å². The van der Waals surface area contributed by atoms with Gasteiger partial charge in [0.15, 0.2) is 0 Å². The number of primary amides is 2. The van der Waals surface area contributed by atoms with Crippen molar-refractivity contribution in [2.45, 2.75) is 166 Å². The highest BCUT2D eigenvalue weighted by molar-refractivity contribution is 7.98. The first-order chi connectivity index (χ1) is 31.6. The molecule has 0 aromatic heterocycles. The zero-order valence-electron chi connectivity index (χ0n) is 39.1. The number of thioether (sulfide) groups is 1. The molecule has 0 aliphatic heterocycles. The number of hydrogen-bond acceptors (Lipinski definition) is 10. The Morgan fingerprint density at radius 3 is 1.65 bits per heavy atom.